The number of rotatable bonds is 6. The molecule has 2 N–H and O–H groups in total. The van der Waals surface area contributed by atoms with Gasteiger partial charge in [-0.2, -0.15) is 0 Å². The van der Waals surface area contributed by atoms with E-state index in [-0.39, 0.29) is 6.61 Å². The molecule has 0 aromatic heterocycles. The van der Waals surface area contributed by atoms with Crippen LogP contribution in [-0.2, 0) is 6.54 Å². The summed E-state index contributed by atoms with van der Waals surface area (Å²) in [7, 11) is 0. The Labute approximate surface area is 146 Å². The number of benzene rings is 1. The third-order valence-electron chi connectivity index (χ3n) is 5.69. The topological polar surface area (TPSA) is 46.9 Å². The van der Waals surface area contributed by atoms with Gasteiger partial charge in [0.15, 0.2) is 0 Å². The van der Waals surface area contributed by atoms with E-state index in [0.29, 0.717) is 11.8 Å². The summed E-state index contributed by atoms with van der Waals surface area (Å²) in [5.74, 6) is 1.20. The van der Waals surface area contributed by atoms with Crippen LogP contribution in [0.4, 0.5) is 0 Å². The van der Waals surface area contributed by atoms with Gasteiger partial charge in [0.25, 0.3) is 0 Å². The molecule has 1 saturated heterocycles. The number of aliphatic hydroxyl groups is 1. The molecule has 24 heavy (non-hydrogen) atoms. The van der Waals surface area contributed by atoms with E-state index in [1.807, 2.05) is 12.1 Å². The second kappa shape index (κ2) is 8.84. The van der Waals surface area contributed by atoms with Crippen molar-refractivity contribution in [2.75, 3.05) is 32.8 Å². The lowest BCUT2D eigenvalue weighted by Gasteiger charge is -2.43. The molecule has 0 spiro atoms. The van der Waals surface area contributed by atoms with E-state index in [2.05, 4.69) is 15.9 Å². The molecule has 4 nitrogen and oxygen atoms in total. The van der Waals surface area contributed by atoms with Crippen molar-refractivity contribution in [3.8, 4) is 5.75 Å². The average molecular weight is 332 g/mol. The molecule has 1 saturated carbocycles. The highest BCUT2D eigenvalue weighted by Gasteiger charge is 2.28. The van der Waals surface area contributed by atoms with Crippen LogP contribution in [-0.4, -0.2) is 58.8 Å². The Morgan fingerprint density at radius 3 is 2.67 bits per heavy atom. The lowest BCUT2D eigenvalue weighted by atomic mass is 9.88. The second-order valence-corrected chi connectivity index (χ2v) is 7.57. The SMILES string of the molecule is OCCC1CN(Cc2cccc(O)c2)CCN1CC1CCCCC1. The summed E-state index contributed by atoms with van der Waals surface area (Å²) < 4.78 is 0. The van der Waals surface area contributed by atoms with E-state index in [9.17, 15) is 10.2 Å². The van der Waals surface area contributed by atoms with Crippen LogP contribution in [0.2, 0.25) is 0 Å². The molecule has 1 aromatic carbocycles. The normalized spacial score (nSPS) is 24.3. The summed E-state index contributed by atoms with van der Waals surface area (Å²) in [5, 5.41) is 19.1. The number of phenolic OH excluding ortho intramolecular Hbond substituents is 1. The number of aromatic hydroxyl groups is 1. The average Bonchev–Trinajstić information content (AvgIpc) is 2.58. The molecule has 134 valence electrons. The highest BCUT2D eigenvalue weighted by atomic mass is 16.3. The van der Waals surface area contributed by atoms with E-state index in [4.69, 9.17) is 0 Å². The highest BCUT2D eigenvalue weighted by molar-refractivity contribution is 5.27. The Bertz CT molecular complexity index is 502. The zero-order chi connectivity index (χ0) is 16.8. The van der Waals surface area contributed by atoms with E-state index in [1.54, 1.807) is 6.07 Å². The van der Waals surface area contributed by atoms with Crippen LogP contribution < -0.4 is 0 Å². The summed E-state index contributed by atoms with van der Waals surface area (Å²) in [4.78, 5) is 5.09. The fourth-order valence-corrected chi connectivity index (χ4v) is 4.38. The van der Waals surface area contributed by atoms with Gasteiger partial charge >= 0.3 is 0 Å². The van der Waals surface area contributed by atoms with Gasteiger partial charge in [-0.15, -0.1) is 0 Å². The number of phenols is 1. The number of piperazine rings is 1. The number of hydrogen-bond donors (Lipinski definition) is 2. The molecule has 0 amide bonds. The molecule has 0 bridgehead atoms. The first-order chi connectivity index (χ1) is 11.7. The van der Waals surface area contributed by atoms with Crippen LogP contribution in [0, 0.1) is 5.92 Å². The zero-order valence-corrected chi connectivity index (χ0v) is 14.7. The van der Waals surface area contributed by atoms with Crippen molar-refractivity contribution in [2.24, 2.45) is 5.92 Å². The number of aliphatic hydroxyl groups excluding tert-OH is 1. The van der Waals surface area contributed by atoms with Crippen LogP contribution in [0.3, 0.4) is 0 Å². The summed E-state index contributed by atoms with van der Waals surface area (Å²) in [6, 6.07) is 8.03. The predicted octanol–water partition coefficient (Wildman–Crippen LogP) is 2.84. The fourth-order valence-electron chi connectivity index (χ4n) is 4.38. The van der Waals surface area contributed by atoms with Gasteiger partial charge in [-0.3, -0.25) is 9.80 Å². The Morgan fingerprint density at radius 2 is 1.92 bits per heavy atom. The first-order valence-corrected chi connectivity index (χ1v) is 9.60. The molecule has 0 radical (unpaired) electrons. The molecular formula is C20H32N2O2. The molecular weight excluding hydrogens is 300 g/mol. The molecule has 2 aliphatic rings. The van der Waals surface area contributed by atoms with Crippen molar-refractivity contribution in [2.45, 2.75) is 51.1 Å². The molecule has 1 heterocycles. The Morgan fingerprint density at radius 1 is 1.08 bits per heavy atom. The maximum Gasteiger partial charge on any atom is 0.115 e. The lowest BCUT2D eigenvalue weighted by Crippen LogP contribution is -2.54. The summed E-state index contributed by atoms with van der Waals surface area (Å²) in [5.41, 5.74) is 1.17. The number of nitrogens with zero attached hydrogens (tertiary/aromatic N) is 2. The van der Waals surface area contributed by atoms with Crippen LogP contribution in [0.1, 0.15) is 44.1 Å². The van der Waals surface area contributed by atoms with Gasteiger partial charge in [0.05, 0.1) is 0 Å². The largest absolute Gasteiger partial charge is 0.508 e. The van der Waals surface area contributed by atoms with Gasteiger partial charge in [0, 0.05) is 45.4 Å². The Hall–Kier alpha value is -1.10. The minimum Gasteiger partial charge on any atom is -0.508 e. The quantitative estimate of drug-likeness (QED) is 0.841. The van der Waals surface area contributed by atoms with Gasteiger partial charge in [-0.05, 0) is 42.9 Å². The third-order valence-corrected chi connectivity index (χ3v) is 5.69. The highest BCUT2D eigenvalue weighted by Crippen LogP contribution is 2.26. The first-order valence-electron chi connectivity index (χ1n) is 9.60. The first kappa shape index (κ1) is 17.7. The maximum absolute atomic E-state index is 9.64. The van der Waals surface area contributed by atoms with Gasteiger partial charge in [0.1, 0.15) is 5.75 Å². The summed E-state index contributed by atoms with van der Waals surface area (Å²) in [6.45, 7) is 5.55. The zero-order valence-electron chi connectivity index (χ0n) is 14.7. The molecule has 1 aliphatic carbocycles. The monoisotopic (exact) mass is 332 g/mol. The van der Waals surface area contributed by atoms with Gasteiger partial charge in [-0.25, -0.2) is 0 Å². The molecule has 1 aliphatic heterocycles. The maximum atomic E-state index is 9.64. The van der Waals surface area contributed by atoms with Crippen LogP contribution >= 0.6 is 0 Å². The van der Waals surface area contributed by atoms with Gasteiger partial charge in [-0.1, -0.05) is 31.4 Å². The molecule has 1 aromatic rings. The van der Waals surface area contributed by atoms with Crippen molar-refractivity contribution in [3.63, 3.8) is 0 Å². The van der Waals surface area contributed by atoms with Crippen molar-refractivity contribution < 1.29 is 10.2 Å². The van der Waals surface area contributed by atoms with Crippen LogP contribution in [0.25, 0.3) is 0 Å². The minimum absolute atomic E-state index is 0.270. The molecule has 4 heteroatoms. The molecule has 2 fully saturated rings. The third kappa shape index (κ3) is 4.95. The number of hydrogen-bond acceptors (Lipinski definition) is 4. The van der Waals surface area contributed by atoms with Gasteiger partial charge in [0.2, 0.25) is 0 Å². The van der Waals surface area contributed by atoms with Crippen LogP contribution in [0.15, 0.2) is 24.3 Å². The van der Waals surface area contributed by atoms with Gasteiger partial charge < -0.3 is 10.2 Å². The molecule has 1 atom stereocenters. The standard InChI is InChI=1S/C20H32N2O2/c23-12-9-19-16-21(14-18-7-4-8-20(24)13-18)10-11-22(19)15-17-5-2-1-3-6-17/h4,7-8,13,17,19,23-24H,1-3,5-6,9-12,14-16H2. The fraction of sp³-hybridized carbons (Fsp3) is 0.700. The van der Waals surface area contributed by atoms with E-state index < -0.39 is 0 Å². The van der Waals surface area contributed by atoms with E-state index >= 15 is 0 Å². The van der Waals surface area contributed by atoms with Crippen molar-refractivity contribution in [3.05, 3.63) is 29.8 Å². The van der Waals surface area contributed by atoms with Crippen molar-refractivity contribution in [1.29, 1.82) is 0 Å². The Balaban J connectivity index is 1.55. The smallest absolute Gasteiger partial charge is 0.115 e. The summed E-state index contributed by atoms with van der Waals surface area (Å²) in [6.07, 6.45) is 7.84. The van der Waals surface area contributed by atoms with Crippen molar-refractivity contribution >= 4 is 0 Å². The Kier molecular flexibility index (Phi) is 6.52. The molecule has 3 rings (SSSR count). The second-order valence-electron chi connectivity index (χ2n) is 7.57. The van der Waals surface area contributed by atoms with E-state index in [0.717, 1.165) is 38.5 Å². The van der Waals surface area contributed by atoms with Crippen LogP contribution in [0.5, 0.6) is 5.75 Å². The molecule has 1 unspecified atom stereocenters. The van der Waals surface area contributed by atoms with Crippen molar-refractivity contribution in [1.82, 2.24) is 9.80 Å². The summed E-state index contributed by atoms with van der Waals surface area (Å²) >= 11 is 0. The minimum atomic E-state index is 0.270. The lowest BCUT2D eigenvalue weighted by molar-refractivity contribution is 0.0400. The predicted molar refractivity (Wildman–Crippen MR) is 97.0 cm³/mol. The van der Waals surface area contributed by atoms with E-state index in [1.165, 1.54) is 44.2 Å².